The van der Waals surface area contributed by atoms with Gasteiger partial charge < -0.3 is 10.2 Å². The van der Waals surface area contributed by atoms with Crippen molar-refractivity contribution in [2.75, 3.05) is 32.5 Å². The van der Waals surface area contributed by atoms with Gasteiger partial charge in [-0.25, -0.2) is 4.98 Å². The predicted octanol–water partition coefficient (Wildman–Crippen LogP) is 5.84. The molecule has 1 aliphatic rings. The second-order valence-corrected chi connectivity index (χ2v) is 10.6. The smallest absolute Gasteiger partial charge is 0.322 e. The summed E-state index contributed by atoms with van der Waals surface area (Å²) in [5.41, 5.74) is 2.88. The number of aromatic nitrogens is 2. The fourth-order valence-electron chi connectivity index (χ4n) is 5.15. The average Bonchev–Trinajstić information content (AvgIpc) is 3.36. The molecule has 9 heteroatoms. The van der Waals surface area contributed by atoms with Crippen molar-refractivity contribution in [2.24, 2.45) is 0 Å². The number of hydrogen-bond donors (Lipinski definition) is 1. The number of imidazole rings is 1. The molecule has 1 amide bonds. The molecule has 1 fully saturated rings. The van der Waals surface area contributed by atoms with Crippen LogP contribution < -0.4 is 5.32 Å². The molecule has 0 unspecified atom stereocenters. The number of halogens is 3. The lowest BCUT2D eigenvalue weighted by molar-refractivity contribution is -0.138. The first-order chi connectivity index (χ1) is 19.6. The number of amides is 1. The van der Waals surface area contributed by atoms with Crippen LogP contribution >= 0.6 is 0 Å². The third kappa shape index (κ3) is 6.62. The molecular formula is C32H32F3N5O. The number of benzene rings is 2. The molecule has 0 atom stereocenters. The summed E-state index contributed by atoms with van der Waals surface area (Å²) in [5, 5.41) is 2.64. The summed E-state index contributed by atoms with van der Waals surface area (Å²) in [6.45, 7) is 3.59. The number of nitrogens with one attached hydrogen (secondary N) is 1. The molecule has 6 nitrogen and oxygen atoms in total. The quantitative estimate of drug-likeness (QED) is 0.312. The van der Waals surface area contributed by atoms with Crippen molar-refractivity contribution in [2.45, 2.75) is 38.5 Å². The number of alkyl halides is 3. The monoisotopic (exact) mass is 559 g/mol. The van der Waals surface area contributed by atoms with E-state index >= 15 is 0 Å². The SMILES string of the molecule is Cc1ccc(C(=O)Nc2ccc(CN3CCC(N(C)C)CC3)c(C(F)(F)F)c2)cc1C#Cc1cnc2ccccn12. The van der Waals surface area contributed by atoms with Gasteiger partial charge in [0, 0.05) is 35.6 Å². The highest BCUT2D eigenvalue weighted by atomic mass is 19.4. The summed E-state index contributed by atoms with van der Waals surface area (Å²) in [4.78, 5) is 21.6. The first-order valence-corrected chi connectivity index (χ1v) is 13.5. The van der Waals surface area contributed by atoms with Crippen molar-refractivity contribution in [3.05, 3.63) is 101 Å². The Kier molecular flexibility index (Phi) is 8.15. The van der Waals surface area contributed by atoms with Crippen LogP contribution in [0, 0.1) is 18.8 Å². The van der Waals surface area contributed by atoms with Crippen LogP contribution in [0.15, 0.2) is 67.0 Å². The normalized spacial score (nSPS) is 14.7. The molecule has 0 saturated carbocycles. The van der Waals surface area contributed by atoms with E-state index in [1.807, 2.05) is 49.8 Å². The molecule has 2 aromatic heterocycles. The van der Waals surface area contributed by atoms with Gasteiger partial charge in [0.1, 0.15) is 11.3 Å². The van der Waals surface area contributed by atoms with Crippen molar-refractivity contribution < 1.29 is 18.0 Å². The predicted molar refractivity (Wildman–Crippen MR) is 154 cm³/mol. The third-order valence-corrected chi connectivity index (χ3v) is 7.60. The first-order valence-electron chi connectivity index (χ1n) is 13.5. The number of anilines is 1. The average molecular weight is 560 g/mol. The first kappa shape index (κ1) is 28.4. The Labute approximate surface area is 237 Å². The summed E-state index contributed by atoms with van der Waals surface area (Å²) in [7, 11) is 4.06. The van der Waals surface area contributed by atoms with Crippen molar-refractivity contribution >= 4 is 17.2 Å². The molecule has 5 rings (SSSR count). The van der Waals surface area contributed by atoms with Gasteiger partial charge in [0.05, 0.1) is 11.8 Å². The lowest BCUT2D eigenvalue weighted by atomic mass is 10.0. The Bertz CT molecular complexity index is 1620. The molecule has 1 N–H and O–H groups in total. The van der Waals surface area contributed by atoms with Gasteiger partial charge in [-0.05, 0) is 100 Å². The highest BCUT2D eigenvalue weighted by Gasteiger charge is 2.34. The standard InChI is InChI=1S/C32H32F3N5O/c1-22-7-8-24(18-23(22)10-12-28-20-36-30-6-4-5-15-40(28)30)31(41)37-26-11-9-25(29(19-26)32(33,34)35)21-39-16-13-27(14-17-39)38(2)3/h4-9,11,15,18-20,27H,13-14,16-17,21H2,1-3H3,(H,37,41). The fourth-order valence-corrected chi connectivity index (χ4v) is 5.15. The van der Waals surface area contributed by atoms with Crippen LogP contribution in [-0.4, -0.2) is 58.3 Å². The molecule has 1 saturated heterocycles. The summed E-state index contributed by atoms with van der Waals surface area (Å²) >= 11 is 0. The van der Waals surface area contributed by atoms with E-state index in [-0.39, 0.29) is 17.8 Å². The summed E-state index contributed by atoms with van der Waals surface area (Å²) in [6, 6.07) is 15.2. The van der Waals surface area contributed by atoms with Crippen LogP contribution in [0.5, 0.6) is 0 Å². The van der Waals surface area contributed by atoms with Gasteiger partial charge in [-0.1, -0.05) is 24.1 Å². The van der Waals surface area contributed by atoms with E-state index in [4.69, 9.17) is 0 Å². The van der Waals surface area contributed by atoms with Gasteiger partial charge >= 0.3 is 6.18 Å². The molecule has 0 spiro atoms. The number of nitrogens with zero attached hydrogens (tertiary/aromatic N) is 4. The zero-order chi connectivity index (χ0) is 29.1. The maximum absolute atomic E-state index is 14.0. The van der Waals surface area contributed by atoms with Crippen LogP contribution in [0.2, 0.25) is 0 Å². The largest absolute Gasteiger partial charge is 0.416 e. The Morgan fingerprint density at radius 1 is 1.07 bits per heavy atom. The van der Waals surface area contributed by atoms with Crippen molar-refractivity contribution in [1.29, 1.82) is 0 Å². The minimum atomic E-state index is -4.54. The Balaban J connectivity index is 1.32. The molecule has 0 bridgehead atoms. The lowest BCUT2D eigenvalue weighted by Gasteiger charge is -2.35. The third-order valence-electron chi connectivity index (χ3n) is 7.60. The molecule has 212 valence electrons. The van der Waals surface area contributed by atoms with E-state index in [0.29, 0.717) is 22.9 Å². The van der Waals surface area contributed by atoms with E-state index in [1.165, 1.54) is 12.1 Å². The molecule has 0 aliphatic carbocycles. The summed E-state index contributed by atoms with van der Waals surface area (Å²) in [5.74, 6) is 5.70. The molecule has 4 aromatic rings. The Morgan fingerprint density at radius 3 is 2.59 bits per heavy atom. The van der Waals surface area contributed by atoms with E-state index in [9.17, 15) is 18.0 Å². The van der Waals surface area contributed by atoms with Crippen LogP contribution in [-0.2, 0) is 12.7 Å². The number of rotatable bonds is 5. The highest BCUT2D eigenvalue weighted by molar-refractivity contribution is 6.04. The maximum atomic E-state index is 14.0. The molecule has 0 radical (unpaired) electrons. The van der Waals surface area contributed by atoms with Crippen molar-refractivity contribution in [3.8, 4) is 11.8 Å². The van der Waals surface area contributed by atoms with Crippen molar-refractivity contribution in [3.63, 3.8) is 0 Å². The van der Waals surface area contributed by atoms with Gasteiger partial charge in [0.15, 0.2) is 0 Å². The van der Waals surface area contributed by atoms with E-state index in [1.54, 1.807) is 24.4 Å². The zero-order valence-electron chi connectivity index (χ0n) is 23.3. The number of carbonyl (C=O) groups excluding carboxylic acids is 1. The molecule has 3 heterocycles. The van der Waals surface area contributed by atoms with Crippen LogP contribution in [0.25, 0.3) is 5.65 Å². The highest BCUT2D eigenvalue weighted by Crippen LogP contribution is 2.35. The van der Waals surface area contributed by atoms with Gasteiger partial charge in [-0.2, -0.15) is 13.2 Å². The van der Waals surface area contributed by atoms with E-state index in [0.717, 1.165) is 43.2 Å². The number of pyridine rings is 1. The van der Waals surface area contributed by atoms with E-state index < -0.39 is 17.6 Å². The summed E-state index contributed by atoms with van der Waals surface area (Å²) < 4.78 is 44.0. The number of likely N-dealkylation sites (tertiary alicyclic amines) is 1. The molecular weight excluding hydrogens is 527 g/mol. The Morgan fingerprint density at radius 2 is 1.85 bits per heavy atom. The van der Waals surface area contributed by atoms with E-state index in [2.05, 4.69) is 31.9 Å². The Hall–Kier alpha value is -4.13. The molecule has 1 aliphatic heterocycles. The number of aryl methyl sites for hydroxylation is 1. The number of fused-ring (bicyclic) bond motifs is 1. The molecule has 41 heavy (non-hydrogen) atoms. The van der Waals surface area contributed by atoms with Crippen LogP contribution in [0.3, 0.4) is 0 Å². The topological polar surface area (TPSA) is 52.9 Å². The number of carbonyl (C=O) groups is 1. The minimum absolute atomic E-state index is 0.0938. The second kappa shape index (κ2) is 11.8. The fraction of sp³-hybridized carbons (Fsp3) is 0.312. The molecule has 2 aromatic carbocycles. The van der Waals surface area contributed by atoms with Crippen LogP contribution in [0.4, 0.5) is 18.9 Å². The maximum Gasteiger partial charge on any atom is 0.416 e. The van der Waals surface area contributed by atoms with Gasteiger partial charge in [0.2, 0.25) is 0 Å². The van der Waals surface area contributed by atoms with Crippen LogP contribution in [0.1, 0.15) is 51.1 Å². The second-order valence-electron chi connectivity index (χ2n) is 10.6. The lowest BCUT2D eigenvalue weighted by Crippen LogP contribution is -2.41. The minimum Gasteiger partial charge on any atom is -0.322 e. The summed E-state index contributed by atoms with van der Waals surface area (Å²) in [6.07, 6.45) is 0.857. The van der Waals surface area contributed by atoms with Crippen molar-refractivity contribution in [1.82, 2.24) is 19.2 Å². The number of piperidine rings is 1. The number of hydrogen-bond acceptors (Lipinski definition) is 4. The van der Waals surface area contributed by atoms with Gasteiger partial charge in [-0.3, -0.25) is 14.1 Å². The zero-order valence-corrected chi connectivity index (χ0v) is 23.3. The van der Waals surface area contributed by atoms with Gasteiger partial charge in [0.25, 0.3) is 5.91 Å². The van der Waals surface area contributed by atoms with Gasteiger partial charge in [-0.15, -0.1) is 0 Å².